The van der Waals surface area contributed by atoms with Gasteiger partial charge in [-0.05, 0) is 70.8 Å². The maximum absolute atomic E-state index is 3.47. The van der Waals surface area contributed by atoms with Crippen molar-refractivity contribution < 1.29 is 0 Å². The van der Waals surface area contributed by atoms with Gasteiger partial charge >= 0.3 is 0 Å². The van der Waals surface area contributed by atoms with E-state index in [2.05, 4.69) is 101 Å². The molecule has 0 fully saturated rings. The summed E-state index contributed by atoms with van der Waals surface area (Å²) in [5.41, 5.74) is 4.08. The zero-order valence-electron chi connectivity index (χ0n) is 15.8. The Labute approximate surface area is 179 Å². The fourth-order valence-electron chi connectivity index (χ4n) is 3.72. The minimum absolute atomic E-state index is 0.730. The van der Waals surface area contributed by atoms with Crippen LogP contribution in [0.2, 0.25) is 0 Å². The lowest BCUT2D eigenvalue weighted by Gasteiger charge is -2.27. The number of aromatic nitrogens is 1. The lowest BCUT2D eigenvalue weighted by Crippen LogP contribution is -2.31. The van der Waals surface area contributed by atoms with Crippen LogP contribution in [0.3, 0.4) is 0 Å². The van der Waals surface area contributed by atoms with E-state index in [0.717, 1.165) is 25.4 Å². The zero-order valence-corrected chi connectivity index (χ0v) is 18.8. The molecule has 140 valence electrons. The van der Waals surface area contributed by atoms with Gasteiger partial charge in [0.05, 0.1) is 0 Å². The van der Waals surface area contributed by atoms with Crippen molar-refractivity contribution in [3.05, 3.63) is 63.9 Å². The molecule has 0 saturated heterocycles. The van der Waals surface area contributed by atoms with E-state index in [-0.39, 0.29) is 0 Å². The van der Waals surface area contributed by atoms with E-state index < -0.39 is 0 Å². The molecule has 2 aromatic carbocycles. The van der Waals surface area contributed by atoms with Crippen molar-refractivity contribution in [1.29, 1.82) is 0 Å². The Bertz CT molecular complexity index is 973. The molecule has 1 aromatic heterocycles. The Morgan fingerprint density at radius 3 is 2.78 bits per heavy atom. The number of hydrogen-bond donors (Lipinski definition) is 1. The van der Waals surface area contributed by atoms with E-state index in [9.17, 15) is 0 Å². The molecule has 4 rings (SSSR count). The minimum Gasteiger partial charge on any atom is -0.361 e. The van der Waals surface area contributed by atoms with Gasteiger partial charge in [0, 0.05) is 55.7 Å². The predicted molar refractivity (Wildman–Crippen MR) is 125 cm³/mol. The lowest BCUT2D eigenvalue weighted by molar-refractivity contribution is 0.268. The Balaban J connectivity index is 1.60. The van der Waals surface area contributed by atoms with E-state index in [4.69, 9.17) is 0 Å². The molecular formula is C23H25IN2S. The predicted octanol–water partition coefficient (Wildman–Crippen LogP) is 6.67. The molecule has 1 N–H and O–H groups in total. The minimum atomic E-state index is 0.730. The first-order valence-corrected chi connectivity index (χ1v) is 11.4. The Kier molecular flexibility index (Phi) is 5.95. The largest absolute Gasteiger partial charge is 0.361 e. The van der Waals surface area contributed by atoms with Crippen molar-refractivity contribution in [1.82, 2.24) is 9.88 Å². The van der Waals surface area contributed by atoms with Crippen LogP contribution in [0.1, 0.15) is 25.8 Å². The molecule has 0 unspecified atom stereocenters. The highest BCUT2D eigenvalue weighted by Crippen LogP contribution is 2.36. The molecule has 2 nitrogen and oxygen atoms in total. The fourth-order valence-corrected chi connectivity index (χ4v) is 5.32. The van der Waals surface area contributed by atoms with Crippen LogP contribution >= 0.6 is 34.4 Å². The first kappa shape index (κ1) is 19.1. The average Bonchev–Trinajstić information content (AvgIpc) is 3.07. The number of hydrogen-bond acceptors (Lipinski definition) is 2. The van der Waals surface area contributed by atoms with Crippen LogP contribution in [0.15, 0.2) is 64.5 Å². The summed E-state index contributed by atoms with van der Waals surface area (Å²) in [6.07, 6.45) is 5.75. The van der Waals surface area contributed by atoms with Gasteiger partial charge in [0.25, 0.3) is 0 Å². The summed E-state index contributed by atoms with van der Waals surface area (Å²) in [6, 6.07) is 15.3. The van der Waals surface area contributed by atoms with Crippen LogP contribution in [-0.2, 0) is 0 Å². The normalized spacial score (nSPS) is 15.5. The zero-order chi connectivity index (χ0) is 18.8. The second kappa shape index (κ2) is 8.41. The van der Waals surface area contributed by atoms with Crippen molar-refractivity contribution in [2.24, 2.45) is 5.92 Å². The van der Waals surface area contributed by atoms with Gasteiger partial charge in [0.1, 0.15) is 0 Å². The van der Waals surface area contributed by atoms with Gasteiger partial charge in [0.15, 0.2) is 0 Å². The molecule has 0 aliphatic carbocycles. The van der Waals surface area contributed by atoms with Crippen molar-refractivity contribution >= 4 is 50.8 Å². The maximum Gasteiger partial charge on any atom is 0.0461 e. The molecular weight excluding hydrogens is 463 g/mol. The monoisotopic (exact) mass is 488 g/mol. The molecule has 27 heavy (non-hydrogen) atoms. The summed E-state index contributed by atoms with van der Waals surface area (Å²) in [5, 5.41) is 1.34. The molecule has 0 bridgehead atoms. The number of nitrogens with zero attached hydrogens (tertiary/aromatic N) is 1. The van der Waals surface area contributed by atoms with Crippen molar-refractivity contribution in [3.63, 3.8) is 0 Å². The Morgan fingerprint density at radius 2 is 2.04 bits per heavy atom. The van der Waals surface area contributed by atoms with Crippen LogP contribution < -0.4 is 0 Å². The van der Waals surface area contributed by atoms with Crippen molar-refractivity contribution in [2.45, 2.75) is 30.1 Å². The summed E-state index contributed by atoms with van der Waals surface area (Å²) in [7, 11) is 0. The van der Waals surface area contributed by atoms with E-state index in [1.807, 2.05) is 11.8 Å². The average molecular weight is 488 g/mol. The maximum atomic E-state index is 3.47. The first-order chi connectivity index (χ1) is 13.1. The van der Waals surface area contributed by atoms with Gasteiger partial charge in [-0.3, -0.25) is 4.90 Å². The standard InChI is InChI=1S/C23H25IN2S/c1-16(2)15-26-11-9-17(10-12-26)20-14-25-22-8-7-18(13-19(20)22)27-23-6-4-3-5-21(23)24/h3-9,13-14,16,25H,10-12,15H2,1-2H3. The SMILES string of the molecule is CC(C)CN1CC=C(c2c[nH]c3ccc(Sc4ccccc4I)cc23)CC1. The number of fused-ring (bicyclic) bond motifs is 1. The lowest BCUT2D eigenvalue weighted by atomic mass is 9.98. The second-order valence-corrected chi connectivity index (χ2v) is 9.85. The van der Waals surface area contributed by atoms with Gasteiger partial charge < -0.3 is 4.98 Å². The molecule has 1 aliphatic rings. The van der Waals surface area contributed by atoms with Crippen LogP contribution in [0.5, 0.6) is 0 Å². The van der Waals surface area contributed by atoms with Crippen LogP contribution in [-0.4, -0.2) is 29.5 Å². The number of halogens is 1. The Morgan fingerprint density at radius 1 is 1.19 bits per heavy atom. The molecule has 3 aromatic rings. The van der Waals surface area contributed by atoms with Crippen molar-refractivity contribution in [3.8, 4) is 0 Å². The van der Waals surface area contributed by atoms with Gasteiger partial charge in [-0.2, -0.15) is 0 Å². The van der Waals surface area contributed by atoms with Gasteiger partial charge in [-0.1, -0.05) is 43.8 Å². The number of aromatic amines is 1. The van der Waals surface area contributed by atoms with Gasteiger partial charge in [-0.25, -0.2) is 0 Å². The molecule has 0 amide bonds. The van der Waals surface area contributed by atoms with Gasteiger partial charge in [0.2, 0.25) is 0 Å². The first-order valence-electron chi connectivity index (χ1n) is 9.55. The fraction of sp³-hybridized carbons (Fsp3) is 0.304. The molecule has 0 spiro atoms. The van der Waals surface area contributed by atoms with E-state index in [1.165, 1.54) is 41.9 Å². The van der Waals surface area contributed by atoms with Gasteiger partial charge in [-0.15, -0.1) is 0 Å². The summed E-state index contributed by atoms with van der Waals surface area (Å²) in [6.45, 7) is 8.01. The van der Waals surface area contributed by atoms with Crippen LogP contribution in [0.4, 0.5) is 0 Å². The second-order valence-electron chi connectivity index (χ2n) is 7.58. The number of benzene rings is 2. The summed E-state index contributed by atoms with van der Waals surface area (Å²) >= 11 is 4.26. The number of rotatable bonds is 5. The highest BCUT2D eigenvalue weighted by molar-refractivity contribution is 14.1. The summed E-state index contributed by atoms with van der Waals surface area (Å²) in [5.74, 6) is 0.730. The third kappa shape index (κ3) is 4.44. The third-order valence-corrected chi connectivity index (χ3v) is 7.35. The summed E-state index contributed by atoms with van der Waals surface area (Å²) in [4.78, 5) is 8.64. The number of H-pyrrole nitrogens is 1. The molecule has 2 heterocycles. The molecule has 4 heteroatoms. The van der Waals surface area contributed by atoms with Crippen LogP contribution in [0.25, 0.3) is 16.5 Å². The Hall–Kier alpha value is -1.24. The topological polar surface area (TPSA) is 19.0 Å². The van der Waals surface area contributed by atoms with Crippen molar-refractivity contribution in [2.75, 3.05) is 19.6 Å². The molecule has 0 atom stereocenters. The van der Waals surface area contributed by atoms with E-state index in [1.54, 1.807) is 0 Å². The van der Waals surface area contributed by atoms with Crippen LogP contribution in [0, 0.1) is 9.49 Å². The summed E-state index contributed by atoms with van der Waals surface area (Å²) < 4.78 is 1.30. The molecule has 0 saturated carbocycles. The molecule has 1 aliphatic heterocycles. The highest BCUT2D eigenvalue weighted by atomic mass is 127. The smallest absolute Gasteiger partial charge is 0.0461 e. The quantitative estimate of drug-likeness (QED) is 0.405. The highest BCUT2D eigenvalue weighted by Gasteiger charge is 2.16. The van der Waals surface area contributed by atoms with E-state index >= 15 is 0 Å². The third-order valence-electron chi connectivity index (χ3n) is 4.98. The van der Waals surface area contributed by atoms with E-state index in [0.29, 0.717) is 0 Å². The number of nitrogens with one attached hydrogen (secondary N) is 1. The molecule has 0 radical (unpaired) electrons.